The number of hydrogen-bond acceptors (Lipinski definition) is 4. The van der Waals surface area contributed by atoms with Crippen LogP contribution in [0, 0.1) is 6.92 Å². The first kappa shape index (κ1) is 19.4. The van der Waals surface area contributed by atoms with Crippen molar-refractivity contribution >= 4 is 17.3 Å². The van der Waals surface area contributed by atoms with Gasteiger partial charge >= 0.3 is 0 Å². The van der Waals surface area contributed by atoms with E-state index in [1.807, 2.05) is 62.0 Å². The van der Waals surface area contributed by atoms with Crippen molar-refractivity contribution in [3.63, 3.8) is 0 Å². The van der Waals surface area contributed by atoms with E-state index >= 15 is 0 Å². The maximum Gasteiger partial charge on any atom is 0.170 e. The van der Waals surface area contributed by atoms with Crippen molar-refractivity contribution in [2.75, 3.05) is 0 Å². The number of aryl methyl sites for hydroxylation is 1. The van der Waals surface area contributed by atoms with Gasteiger partial charge in [-0.15, -0.1) is 0 Å². The summed E-state index contributed by atoms with van der Waals surface area (Å²) < 4.78 is 2.13. The largest absolute Gasteiger partial charge is 0.352 e. The van der Waals surface area contributed by atoms with Crippen LogP contribution in [-0.4, -0.2) is 29.5 Å². The lowest BCUT2D eigenvalue weighted by atomic mass is 10.0. The van der Waals surface area contributed by atoms with Crippen molar-refractivity contribution in [2.45, 2.75) is 25.6 Å². The number of aromatic nitrogens is 4. The molecular weight excluding hydrogens is 404 g/mol. The molecule has 0 aromatic carbocycles. The first-order valence-corrected chi connectivity index (χ1v) is 10.6. The predicted molar refractivity (Wildman–Crippen MR) is 124 cm³/mol. The molecule has 1 aliphatic rings. The fraction of sp³-hybridized carbons (Fsp3) is 0.167. The molecular formula is C24H22N6S. The SMILES string of the molecule is Cc1ccc(-n2cccc2[C@H]2[C@H](c3ccccn3)NC(=S)N2Cc2cccnc2)nc1. The second-order valence-electron chi connectivity index (χ2n) is 7.61. The highest BCUT2D eigenvalue weighted by Crippen LogP contribution is 2.40. The van der Waals surface area contributed by atoms with Gasteiger partial charge in [-0.3, -0.25) is 9.97 Å². The molecule has 5 heterocycles. The summed E-state index contributed by atoms with van der Waals surface area (Å²) in [4.78, 5) is 15.8. The number of rotatable bonds is 5. The molecule has 0 aliphatic carbocycles. The summed E-state index contributed by atoms with van der Waals surface area (Å²) in [7, 11) is 0. The van der Waals surface area contributed by atoms with Crippen LogP contribution >= 0.6 is 12.2 Å². The fourth-order valence-corrected chi connectivity index (χ4v) is 4.34. The van der Waals surface area contributed by atoms with E-state index < -0.39 is 0 Å². The lowest BCUT2D eigenvalue weighted by Crippen LogP contribution is -2.30. The monoisotopic (exact) mass is 426 g/mol. The van der Waals surface area contributed by atoms with E-state index in [2.05, 4.69) is 54.0 Å². The van der Waals surface area contributed by atoms with Gasteiger partial charge in [0.1, 0.15) is 5.82 Å². The highest BCUT2D eigenvalue weighted by molar-refractivity contribution is 7.80. The van der Waals surface area contributed by atoms with Gasteiger partial charge in [0.2, 0.25) is 0 Å². The van der Waals surface area contributed by atoms with Crippen LogP contribution in [0.4, 0.5) is 0 Å². The number of thiocarbonyl (C=S) groups is 1. The van der Waals surface area contributed by atoms with E-state index in [0.717, 1.165) is 28.3 Å². The van der Waals surface area contributed by atoms with Gasteiger partial charge < -0.3 is 14.8 Å². The molecule has 0 spiro atoms. The molecule has 1 N–H and O–H groups in total. The van der Waals surface area contributed by atoms with Crippen molar-refractivity contribution in [3.8, 4) is 5.82 Å². The minimum atomic E-state index is -0.0792. The van der Waals surface area contributed by atoms with Crippen LogP contribution in [0.15, 0.2) is 85.6 Å². The summed E-state index contributed by atoms with van der Waals surface area (Å²) in [5.74, 6) is 0.879. The lowest BCUT2D eigenvalue weighted by Gasteiger charge is -2.28. The normalized spacial score (nSPS) is 18.2. The molecule has 0 radical (unpaired) electrons. The van der Waals surface area contributed by atoms with Crippen LogP contribution < -0.4 is 5.32 Å². The third-order valence-electron chi connectivity index (χ3n) is 5.50. The van der Waals surface area contributed by atoms with Gasteiger partial charge in [-0.25, -0.2) is 4.98 Å². The maximum absolute atomic E-state index is 5.79. The van der Waals surface area contributed by atoms with Crippen LogP contribution in [0.5, 0.6) is 0 Å². The zero-order valence-electron chi connectivity index (χ0n) is 17.1. The highest BCUT2D eigenvalue weighted by atomic mass is 32.1. The molecule has 7 heteroatoms. The topological polar surface area (TPSA) is 58.9 Å². The van der Waals surface area contributed by atoms with Gasteiger partial charge in [0.15, 0.2) is 5.11 Å². The molecule has 1 aliphatic heterocycles. The van der Waals surface area contributed by atoms with E-state index in [1.54, 1.807) is 6.20 Å². The Kier molecular flexibility index (Phi) is 5.18. The molecule has 154 valence electrons. The molecule has 1 saturated heterocycles. The van der Waals surface area contributed by atoms with E-state index in [9.17, 15) is 0 Å². The van der Waals surface area contributed by atoms with Crippen molar-refractivity contribution in [2.24, 2.45) is 0 Å². The highest BCUT2D eigenvalue weighted by Gasteiger charge is 2.41. The Morgan fingerprint density at radius 3 is 2.65 bits per heavy atom. The minimum absolute atomic E-state index is 0.0549. The first-order valence-electron chi connectivity index (χ1n) is 10.2. The molecule has 1 fully saturated rings. The Balaban J connectivity index is 1.60. The molecule has 2 atom stereocenters. The molecule has 0 unspecified atom stereocenters. The second-order valence-corrected chi connectivity index (χ2v) is 8.00. The zero-order chi connectivity index (χ0) is 21.2. The molecule has 31 heavy (non-hydrogen) atoms. The summed E-state index contributed by atoms with van der Waals surface area (Å²) in [6.07, 6.45) is 9.43. The van der Waals surface area contributed by atoms with Crippen LogP contribution in [-0.2, 0) is 6.54 Å². The Labute approximate surface area is 186 Å². The van der Waals surface area contributed by atoms with Gasteiger partial charge in [0.05, 0.1) is 17.8 Å². The van der Waals surface area contributed by atoms with E-state index in [4.69, 9.17) is 12.2 Å². The average molecular weight is 427 g/mol. The number of pyridine rings is 3. The van der Waals surface area contributed by atoms with Gasteiger partial charge in [0.25, 0.3) is 0 Å². The molecule has 6 nitrogen and oxygen atoms in total. The Hall–Kier alpha value is -3.58. The van der Waals surface area contributed by atoms with E-state index in [1.165, 1.54) is 0 Å². The van der Waals surface area contributed by atoms with Crippen molar-refractivity contribution < 1.29 is 0 Å². The summed E-state index contributed by atoms with van der Waals surface area (Å²) in [5.41, 5.74) is 4.28. The number of nitrogens with zero attached hydrogens (tertiary/aromatic N) is 5. The Morgan fingerprint density at radius 1 is 0.968 bits per heavy atom. The number of nitrogens with one attached hydrogen (secondary N) is 1. The summed E-state index contributed by atoms with van der Waals surface area (Å²) in [5, 5.41) is 4.21. The van der Waals surface area contributed by atoms with Crippen molar-refractivity contribution in [3.05, 3.63) is 108 Å². The number of hydrogen-bond donors (Lipinski definition) is 1. The van der Waals surface area contributed by atoms with Gasteiger partial charge in [-0.05, 0) is 66.7 Å². The molecule has 0 amide bonds. The van der Waals surface area contributed by atoms with E-state index in [0.29, 0.717) is 11.7 Å². The van der Waals surface area contributed by atoms with E-state index in [-0.39, 0.29) is 12.1 Å². The molecule has 4 aromatic heterocycles. The van der Waals surface area contributed by atoms with Gasteiger partial charge in [-0.2, -0.15) is 0 Å². The zero-order valence-corrected chi connectivity index (χ0v) is 17.9. The lowest BCUT2D eigenvalue weighted by molar-refractivity contribution is 0.302. The Morgan fingerprint density at radius 2 is 1.90 bits per heavy atom. The maximum atomic E-state index is 5.79. The average Bonchev–Trinajstić information content (AvgIpc) is 3.40. The third-order valence-corrected chi connectivity index (χ3v) is 5.85. The Bertz CT molecular complexity index is 1170. The smallest absolute Gasteiger partial charge is 0.170 e. The van der Waals surface area contributed by atoms with Crippen LogP contribution in [0.25, 0.3) is 5.82 Å². The molecule has 0 bridgehead atoms. The standard InChI is InChI=1S/C24H22N6S/c1-17-9-10-21(27-14-17)29-13-5-8-20(29)23-22(19-7-2-3-12-26-19)28-24(31)30(23)16-18-6-4-11-25-15-18/h2-15,22-23H,16H2,1H3,(H,28,31)/t22-,23-/m0/s1. The quantitative estimate of drug-likeness (QED) is 0.484. The summed E-state index contributed by atoms with van der Waals surface area (Å²) >= 11 is 5.79. The van der Waals surface area contributed by atoms with Gasteiger partial charge in [0, 0.05) is 43.2 Å². The minimum Gasteiger partial charge on any atom is -0.352 e. The van der Waals surface area contributed by atoms with Crippen LogP contribution in [0.1, 0.15) is 34.6 Å². The van der Waals surface area contributed by atoms with Gasteiger partial charge in [-0.1, -0.05) is 18.2 Å². The van der Waals surface area contributed by atoms with Crippen molar-refractivity contribution in [1.29, 1.82) is 0 Å². The fourth-order valence-electron chi connectivity index (χ4n) is 4.03. The second kappa shape index (κ2) is 8.28. The third kappa shape index (κ3) is 3.80. The molecule has 4 aromatic rings. The summed E-state index contributed by atoms with van der Waals surface area (Å²) in [6.45, 7) is 2.69. The molecule has 0 saturated carbocycles. The molecule has 5 rings (SSSR count). The van der Waals surface area contributed by atoms with Crippen LogP contribution in [0.2, 0.25) is 0 Å². The van der Waals surface area contributed by atoms with Crippen LogP contribution in [0.3, 0.4) is 0 Å². The first-order chi connectivity index (χ1) is 15.2. The van der Waals surface area contributed by atoms with Crippen molar-refractivity contribution in [1.82, 2.24) is 29.7 Å². The summed E-state index contributed by atoms with van der Waals surface area (Å²) in [6, 6.07) is 18.2. The predicted octanol–water partition coefficient (Wildman–Crippen LogP) is 4.14.